The lowest BCUT2D eigenvalue weighted by atomic mass is 10.2. The first-order chi connectivity index (χ1) is 13.0. The van der Waals surface area contributed by atoms with Crippen molar-refractivity contribution in [3.05, 3.63) is 42.7 Å². The molecule has 0 atom stereocenters. The molecule has 0 aliphatic rings. The first kappa shape index (κ1) is 18.7. The summed E-state index contributed by atoms with van der Waals surface area (Å²) < 4.78 is 36.4. The summed E-state index contributed by atoms with van der Waals surface area (Å²) in [7, 11) is -0.170. The van der Waals surface area contributed by atoms with Crippen molar-refractivity contribution in [2.45, 2.75) is 6.92 Å². The number of methoxy groups -OCH3 is 2. The van der Waals surface area contributed by atoms with Gasteiger partial charge in [-0.05, 0) is 37.3 Å². The fraction of sp³-hybridized carbons (Fsp3) is 0.222. The minimum atomic E-state index is -3.30. The monoisotopic (exact) mass is 388 g/mol. The first-order valence-electron chi connectivity index (χ1n) is 8.20. The van der Waals surface area contributed by atoms with Gasteiger partial charge < -0.3 is 14.8 Å². The number of fused-ring (bicyclic) bond motifs is 1. The normalized spacial score (nSPS) is 11.2. The van der Waals surface area contributed by atoms with E-state index in [1.165, 1.54) is 6.33 Å². The van der Waals surface area contributed by atoms with E-state index in [-0.39, 0.29) is 5.75 Å². The van der Waals surface area contributed by atoms with Crippen LogP contribution < -0.4 is 19.5 Å². The van der Waals surface area contributed by atoms with Crippen LogP contribution in [0.2, 0.25) is 0 Å². The number of nitrogens with zero attached hydrogens (tertiary/aromatic N) is 2. The Labute approximate surface area is 157 Å². The molecule has 0 saturated heterocycles. The predicted octanol–water partition coefficient (Wildman–Crippen LogP) is 3.15. The van der Waals surface area contributed by atoms with Gasteiger partial charge in [-0.3, -0.25) is 4.72 Å². The van der Waals surface area contributed by atoms with E-state index in [0.29, 0.717) is 28.5 Å². The van der Waals surface area contributed by atoms with Gasteiger partial charge in [0.05, 0.1) is 25.5 Å². The molecule has 0 bridgehead atoms. The van der Waals surface area contributed by atoms with Crippen LogP contribution in [-0.2, 0) is 10.0 Å². The highest BCUT2D eigenvalue weighted by Gasteiger charge is 2.11. The SMILES string of the molecule is CCS(=O)(=O)Nc1ccc(Nc2ncnc3cc(OC)c(OC)cc23)cc1. The van der Waals surface area contributed by atoms with E-state index in [2.05, 4.69) is 20.0 Å². The van der Waals surface area contributed by atoms with Gasteiger partial charge in [0.25, 0.3) is 0 Å². The molecule has 0 fully saturated rings. The van der Waals surface area contributed by atoms with Crippen molar-refractivity contribution in [2.24, 2.45) is 0 Å². The zero-order valence-corrected chi connectivity index (χ0v) is 16.0. The lowest BCUT2D eigenvalue weighted by molar-refractivity contribution is 0.356. The number of rotatable bonds is 7. The first-order valence-corrected chi connectivity index (χ1v) is 9.85. The van der Waals surface area contributed by atoms with Gasteiger partial charge in [0.1, 0.15) is 12.1 Å². The van der Waals surface area contributed by atoms with Crippen LogP contribution in [0.5, 0.6) is 11.5 Å². The maximum atomic E-state index is 11.6. The molecule has 0 saturated carbocycles. The number of benzene rings is 2. The number of anilines is 3. The van der Waals surface area contributed by atoms with Crippen LogP contribution >= 0.6 is 0 Å². The Morgan fingerprint density at radius 3 is 2.22 bits per heavy atom. The van der Waals surface area contributed by atoms with E-state index in [1.54, 1.807) is 57.5 Å². The van der Waals surface area contributed by atoms with Gasteiger partial charge >= 0.3 is 0 Å². The van der Waals surface area contributed by atoms with Gasteiger partial charge in [0, 0.05) is 22.8 Å². The third kappa shape index (κ3) is 4.20. The summed E-state index contributed by atoms with van der Waals surface area (Å²) >= 11 is 0. The van der Waals surface area contributed by atoms with E-state index in [9.17, 15) is 8.42 Å². The summed E-state index contributed by atoms with van der Waals surface area (Å²) in [5.74, 6) is 1.78. The molecule has 2 aromatic carbocycles. The highest BCUT2D eigenvalue weighted by atomic mass is 32.2. The highest BCUT2D eigenvalue weighted by Crippen LogP contribution is 2.34. The van der Waals surface area contributed by atoms with Crippen LogP contribution in [0.25, 0.3) is 10.9 Å². The van der Waals surface area contributed by atoms with Gasteiger partial charge in [-0.15, -0.1) is 0 Å². The fourth-order valence-corrected chi connectivity index (χ4v) is 3.13. The predicted molar refractivity (Wildman–Crippen MR) is 105 cm³/mol. The molecule has 3 aromatic rings. The summed E-state index contributed by atoms with van der Waals surface area (Å²) in [6.45, 7) is 1.59. The number of aromatic nitrogens is 2. The van der Waals surface area contributed by atoms with Crippen LogP contribution in [-0.4, -0.2) is 38.4 Å². The summed E-state index contributed by atoms with van der Waals surface area (Å²) in [4.78, 5) is 8.57. The Morgan fingerprint density at radius 1 is 0.963 bits per heavy atom. The van der Waals surface area contributed by atoms with Crippen LogP contribution in [0, 0.1) is 0 Å². The van der Waals surface area contributed by atoms with Gasteiger partial charge in [0.2, 0.25) is 10.0 Å². The number of sulfonamides is 1. The van der Waals surface area contributed by atoms with Crippen molar-refractivity contribution in [2.75, 3.05) is 30.0 Å². The Bertz CT molecular complexity index is 1050. The highest BCUT2D eigenvalue weighted by molar-refractivity contribution is 7.92. The lowest BCUT2D eigenvalue weighted by Gasteiger charge is -2.12. The summed E-state index contributed by atoms with van der Waals surface area (Å²) in [5, 5.41) is 3.98. The minimum Gasteiger partial charge on any atom is -0.493 e. The Morgan fingerprint density at radius 2 is 1.59 bits per heavy atom. The van der Waals surface area contributed by atoms with E-state index in [4.69, 9.17) is 9.47 Å². The molecule has 0 radical (unpaired) electrons. The zero-order chi connectivity index (χ0) is 19.4. The fourth-order valence-electron chi connectivity index (χ4n) is 2.49. The van der Waals surface area contributed by atoms with Crippen molar-refractivity contribution in [3.63, 3.8) is 0 Å². The number of hydrogen-bond acceptors (Lipinski definition) is 7. The Balaban J connectivity index is 1.90. The molecule has 1 heterocycles. The van der Waals surface area contributed by atoms with E-state index in [0.717, 1.165) is 11.1 Å². The van der Waals surface area contributed by atoms with Crippen LogP contribution in [0.3, 0.4) is 0 Å². The number of ether oxygens (including phenoxy) is 2. The molecule has 0 spiro atoms. The molecule has 9 heteroatoms. The summed E-state index contributed by atoms with van der Waals surface area (Å²) in [5.41, 5.74) is 1.96. The topological polar surface area (TPSA) is 102 Å². The van der Waals surface area contributed by atoms with Gasteiger partial charge in [-0.2, -0.15) is 0 Å². The maximum Gasteiger partial charge on any atom is 0.232 e. The average molecular weight is 388 g/mol. The molecule has 1 aromatic heterocycles. The Hall–Kier alpha value is -3.07. The van der Waals surface area contributed by atoms with E-state index < -0.39 is 10.0 Å². The number of hydrogen-bond donors (Lipinski definition) is 2. The molecule has 142 valence electrons. The molecule has 3 rings (SSSR count). The second kappa shape index (κ2) is 7.67. The standard InChI is InChI=1S/C18H20N4O4S/c1-4-27(23,24)22-13-7-5-12(6-8-13)21-18-14-9-16(25-2)17(26-3)10-15(14)19-11-20-18/h5-11,22H,4H2,1-3H3,(H,19,20,21). The molecule has 8 nitrogen and oxygen atoms in total. The largest absolute Gasteiger partial charge is 0.493 e. The molecule has 0 amide bonds. The molecular weight excluding hydrogens is 368 g/mol. The molecular formula is C18H20N4O4S. The third-order valence-electron chi connectivity index (χ3n) is 3.94. The Kier molecular flexibility index (Phi) is 5.31. The number of nitrogens with one attached hydrogen (secondary N) is 2. The van der Waals surface area contributed by atoms with Gasteiger partial charge in [0.15, 0.2) is 11.5 Å². The van der Waals surface area contributed by atoms with Crippen molar-refractivity contribution in [1.82, 2.24) is 9.97 Å². The summed E-state index contributed by atoms with van der Waals surface area (Å²) in [6.07, 6.45) is 1.46. The molecule has 0 aliphatic carbocycles. The third-order valence-corrected chi connectivity index (χ3v) is 5.25. The molecule has 27 heavy (non-hydrogen) atoms. The maximum absolute atomic E-state index is 11.6. The van der Waals surface area contributed by atoms with Crippen LogP contribution in [0.1, 0.15) is 6.92 Å². The van der Waals surface area contributed by atoms with Crippen LogP contribution in [0.15, 0.2) is 42.7 Å². The molecule has 0 unspecified atom stereocenters. The van der Waals surface area contributed by atoms with Crippen molar-refractivity contribution in [3.8, 4) is 11.5 Å². The van der Waals surface area contributed by atoms with Crippen molar-refractivity contribution >= 4 is 38.1 Å². The van der Waals surface area contributed by atoms with E-state index in [1.807, 2.05) is 0 Å². The van der Waals surface area contributed by atoms with Crippen molar-refractivity contribution < 1.29 is 17.9 Å². The average Bonchev–Trinajstić information content (AvgIpc) is 2.68. The summed E-state index contributed by atoms with van der Waals surface area (Å²) in [6, 6.07) is 10.5. The second-order valence-electron chi connectivity index (χ2n) is 5.65. The molecule has 0 aliphatic heterocycles. The minimum absolute atomic E-state index is 0.0191. The van der Waals surface area contributed by atoms with Crippen LogP contribution in [0.4, 0.5) is 17.2 Å². The second-order valence-corrected chi connectivity index (χ2v) is 7.67. The molecule has 2 N–H and O–H groups in total. The smallest absolute Gasteiger partial charge is 0.232 e. The van der Waals surface area contributed by atoms with Gasteiger partial charge in [-0.1, -0.05) is 0 Å². The lowest BCUT2D eigenvalue weighted by Crippen LogP contribution is -2.14. The van der Waals surface area contributed by atoms with E-state index >= 15 is 0 Å². The van der Waals surface area contributed by atoms with Crippen molar-refractivity contribution in [1.29, 1.82) is 0 Å². The van der Waals surface area contributed by atoms with Gasteiger partial charge in [-0.25, -0.2) is 18.4 Å². The zero-order valence-electron chi connectivity index (χ0n) is 15.2. The quantitative estimate of drug-likeness (QED) is 0.641.